The van der Waals surface area contributed by atoms with Crippen LogP contribution in [0.5, 0.6) is 5.75 Å². The Bertz CT molecular complexity index is 1420. The smallest absolute Gasteiger partial charge is 0.435 e. The summed E-state index contributed by atoms with van der Waals surface area (Å²) in [7, 11) is 2.28. The molecule has 0 saturated carbocycles. The fraction of sp³-hybridized carbons (Fsp3) is 0.429. The van der Waals surface area contributed by atoms with Crippen LogP contribution in [0.25, 0.3) is 22.4 Å². The fourth-order valence-corrected chi connectivity index (χ4v) is 4.72. The van der Waals surface area contributed by atoms with Crippen LogP contribution >= 0.6 is 0 Å². The molecule has 0 bridgehead atoms. The average Bonchev–Trinajstić information content (AvgIpc) is 3.26. The standard InChI is InChI=1S/C28H28F6N2O4/c1-26(2,3)40-24(25(37)38-5)23-18(27(29,30)31)10-9-17(19-14-21(28(32,33)34)35-36(19)4)22(23)16-8-11-20-15(13-16)7-6-12-39-20/h8-11,13-14,24H,6-7,12H2,1-5H3. The SMILES string of the molecule is COC(=O)C(OC(C)(C)C)c1c(C(F)(F)F)ccc(-c2cc(C(F)(F)F)nn2C)c1-c1ccc2c(c1)CCCO2. The highest BCUT2D eigenvalue weighted by atomic mass is 19.4. The normalized spacial score (nSPS) is 14.9. The third kappa shape index (κ3) is 5.96. The van der Waals surface area contributed by atoms with Crippen LogP contribution in [0.15, 0.2) is 36.4 Å². The van der Waals surface area contributed by atoms with Gasteiger partial charge in [-0.25, -0.2) is 4.79 Å². The van der Waals surface area contributed by atoms with E-state index in [1.165, 1.54) is 13.1 Å². The van der Waals surface area contributed by atoms with Gasteiger partial charge in [-0.15, -0.1) is 0 Å². The van der Waals surface area contributed by atoms with Crippen LogP contribution in [-0.2, 0) is 40.1 Å². The van der Waals surface area contributed by atoms with Crippen molar-refractivity contribution < 1.29 is 45.3 Å². The van der Waals surface area contributed by atoms with Gasteiger partial charge in [0, 0.05) is 18.2 Å². The van der Waals surface area contributed by atoms with Crippen LogP contribution in [0.3, 0.4) is 0 Å². The number of fused-ring (bicyclic) bond motifs is 1. The van der Waals surface area contributed by atoms with Crippen LogP contribution in [0.1, 0.15) is 55.7 Å². The van der Waals surface area contributed by atoms with Crippen LogP contribution < -0.4 is 4.74 Å². The summed E-state index contributed by atoms with van der Waals surface area (Å²) in [6.07, 6.45) is -10.3. The molecule has 2 heterocycles. The minimum absolute atomic E-state index is 0.00316. The maximum absolute atomic E-state index is 14.6. The van der Waals surface area contributed by atoms with Crippen molar-refractivity contribution in [1.82, 2.24) is 9.78 Å². The van der Waals surface area contributed by atoms with Gasteiger partial charge >= 0.3 is 18.3 Å². The van der Waals surface area contributed by atoms with E-state index in [0.717, 1.165) is 30.0 Å². The molecule has 40 heavy (non-hydrogen) atoms. The molecule has 3 aromatic rings. The van der Waals surface area contributed by atoms with Crippen molar-refractivity contribution in [3.8, 4) is 28.1 Å². The molecule has 1 aliphatic rings. The predicted octanol–water partition coefficient (Wildman–Crippen LogP) is 7.15. The first kappa shape index (κ1) is 29.4. The van der Waals surface area contributed by atoms with Crippen LogP contribution in [0, 0.1) is 0 Å². The molecular formula is C28H28F6N2O4. The number of rotatable bonds is 5. The molecule has 4 rings (SSSR count). The summed E-state index contributed by atoms with van der Waals surface area (Å²) in [5.41, 5.74) is -3.36. The van der Waals surface area contributed by atoms with Crippen molar-refractivity contribution in [2.24, 2.45) is 7.05 Å². The molecule has 0 radical (unpaired) electrons. The van der Waals surface area contributed by atoms with Gasteiger partial charge in [-0.2, -0.15) is 31.4 Å². The number of ether oxygens (including phenoxy) is 3. The van der Waals surface area contributed by atoms with Crippen LogP contribution in [0.2, 0.25) is 0 Å². The summed E-state index contributed by atoms with van der Waals surface area (Å²) in [6.45, 7) is 5.16. The lowest BCUT2D eigenvalue weighted by Gasteiger charge is -2.30. The molecule has 6 nitrogen and oxygen atoms in total. The molecule has 1 unspecified atom stereocenters. The Labute approximate surface area is 226 Å². The number of aromatic nitrogens is 2. The maximum atomic E-state index is 14.6. The number of alkyl halides is 6. The number of hydrogen-bond acceptors (Lipinski definition) is 5. The van der Waals surface area contributed by atoms with Crippen molar-refractivity contribution in [3.05, 3.63) is 58.8 Å². The number of esters is 1. The molecule has 1 atom stereocenters. The van der Waals surface area contributed by atoms with E-state index in [2.05, 4.69) is 5.10 Å². The van der Waals surface area contributed by atoms with Gasteiger partial charge in [-0.3, -0.25) is 4.68 Å². The zero-order valence-electron chi connectivity index (χ0n) is 22.5. The third-order valence-electron chi connectivity index (χ3n) is 6.34. The first-order chi connectivity index (χ1) is 18.5. The number of carbonyl (C=O) groups is 1. The van der Waals surface area contributed by atoms with Gasteiger partial charge in [0.15, 0.2) is 11.8 Å². The van der Waals surface area contributed by atoms with E-state index in [9.17, 15) is 31.1 Å². The minimum Gasteiger partial charge on any atom is -0.493 e. The monoisotopic (exact) mass is 570 g/mol. The highest BCUT2D eigenvalue weighted by Crippen LogP contribution is 2.48. The molecule has 0 aliphatic carbocycles. The summed E-state index contributed by atoms with van der Waals surface area (Å²) < 4.78 is 102. The van der Waals surface area contributed by atoms with E-state index in [4.69, 9.17) is 14.2 Å². The van der Waals surface area contributed by atoms with Crippen molar-refractivity contribution in [3.63, 3.8) is 0 Å². The average molecular weight is 571 g/mol. The second-order valence-corrected chi connectivity index (χ2v) is 10.4. The Morgan fingerprint density at radius 3 is 2.30 bits per heavy atom. The third-order valence-corrected chi connectivity index (χ3v) is 6.34. The zero-order chi connectivity index (χ0) is 29.6. The van der Waals surface area contributed by atoms with Crippen LogP contribution in [0.4, 0.5) is 26.3 Å². The number of aryl methyl sites for hydroxylation is 2. The van der Waals surface area contributed by atoms with Crippen molar-refractivity contribution in [1.29, 1.82) is 0 Å². The summed E-state index contributed by atoms with van der Waals surface area (Å²) >= 11 is 0. The van der Waals surface area contributed by atoms with Crippen molar-refractivity contribution in [2.75, 3.05) is 13.7 Å². The van der Waals surface area contributed by atoms with Gasteiger partial charge in [-0.1, -0.05) is 12.1 Å². The second kappa shape index (κ2) is 10.5. The molecule has 12 heteroatoms. The molecule has 0 amide bonds. The molecule has 2 aromatic carbocycles. The van der Waals surface area contributed by atoms with E-state index >= 15 is 0 Å². The Balaban J connectivity index is 2.15. The summed E-state index contributed by atoms with van der Waals surface area (Å²) in [5.74, 6) is -0.540. The van der Waals surface area contributed by atoms with E-state index in [1.807, 2.05) is 0 Å². The molecule has 1 aromatic heterocycles. The number of halogens is 6. The summed E-state index contributed by atoms with van der Waals surface area (Å²) in [4.78, 5) is 13.0. The highest BCUT2D eigenvalue weighted by Gasteiger charge is 2.43. The van der Waals surface area contributed by atoms with Crippen molar-refractivity contribution in [2.45, 2.75) is 57.7 Å². The molecule has 0 N–H and O–H groups in total. The molecule has 0 saturated heterocycles. The topological polar surface area (TPSA) is 62.6 Å². The Hall–Kier alpha value is -3.54. The Morgan fingerprint density at radius 1 is 1.02 bits per heavy atom. The number of nitrogens with zero attached hydrogens (tertiary/aromatic N) is 2. The summed E-state index contributed by atoms with van der Waals surface area (Å²) in [6, 6.07) is 7.32. The first-order valence-corrected chi connectivity index (χ1v) is 12.4. The second-order valence-electron chi connectivity index (χ2n) is 10.4. The van der Waals surface area contributed by atoms with E-state index in [-0.39, 0.29) is 22.4 Å². The molecule has 1 aliphatic heterocycles. The van der Waals surface area contributed by atoms with Crippen molar-refractivity contribution >= 4 is 5.97 Å². The largest absolute Gasteiger partial charge is 0.493 e. The predicted molar refractivity (Wildman–Crippen MR) is 133 cm³/mol. The first-order valence-electron chi connectivity index (χ1n) is 12.4. The quantitative estimate of drug-likeness (QED) is 0.241. The molecule has 0 fully saturated rings. The molecule has 216 valence electrons. The Kier molecular flexibility index (Phi) is 7.70. The van der Waals surface area contributed by atoms with E-state index in [1.54, 1.807) is 32.9 Å². The van der Waals surface area contributed by atoms with Gasteiger partial charge in [0.2, 0.25) is 0 Å². The van der Waals surface area contributed by atoms with Gasteiger partial charge in [0.1, 0.15) is 5.75 Å². The lowest BCUT2D eigenvalue weighted by Crippen LogP contribution is -2.30. The lowest BCUT2D eigenvalue weighted by molar-refractivity contribution is -0.166. The number of benzene rings is 2. The van der Waals surface area contributed by atoms with Gasteiger partial charge in [-0.05, 0) is 74.6 Å². The summed E-state index contributed by atoms with van der Waals surface area (Å²) in [5, 5.41) is 3.55. The maximum Gasteiger partial charge on any atom is 0.435 e. The number of carbonyl (C=O) groups excluding carboxylic acids is 1. The lowest BCUT2D eigenvalue weighted by atomic mass is 9.85. The number of methoxy groups -OCH3 is 1. The van der Waals surface area contributed by atoms with Gasteiger partial charge < -0.3 is 14.2 Å². The zero-order valence-corrected chi connectivity index (χ0v) is 22.5. The van der Waals surface area contributed by atoms with Gasteiger partial charge in [0.05, 0.1) is 30.6 Å². The molecular weight excluding hydrogens is 542 g/mol. The minimum atomic E-state index is -4.95. The van der Waals surface area contributed by atoms with E-state index < -0.39 is 46.8 Å². The van der Waals surface area contributed by atoms with Crippen LogP contribution in [-0.4, -0.2) is 35.1 Å². The number of hydrogen-bond donors (Lipinski definition) is 0. The fourth-order valence-electron chi connectivity index (χ4n) is 4.72. The van der Waals surface area contributed by atoms with E-state index in [0.29, 0.717) is 30.8 Å². The molecule has 0 spiro atoms. The Morgan fingerprint density at radius 2 is 1.73 bits per heavy atom. The van der Waals surface area contributed by atoms with Gasteiger partial charge in [0.25, 0.3) is 0 Å². The highest BCUT2D eigenvalue weighted by molar-refractivity contribution is 5.90.